The first kappa shape index (κ1) is 14.4. The zero-order valence-electron chi connectivity index (χ0n) is 10.4. The van der Waals surface area contributed by atoms with Crippen molar-refractivity contribution in [1.82, 2.24) is 4.90 Å². The van der Waals surface area contributed by atoms with Gasteiger partial charge in [-0.15, -0.1) is 0 Å². The predicted octanol–water partition coefficient (Wildman–Crippen LogP) is 1.03. The third-order valence-corrected chi connectivity index (χ3v) is 2.38. The molecule has 15 heavy (non-hydrogen) atoms. The molecule has 0 heterocycles. The summed E-state index contributed by atoms with van der Waals surface area (Å²) in [4.78, 5) is 13.4. The summed E-state index contributed by atoms with van der Waals surface area (Å²) in [6.07, 6.45) is 0.995. The van der Waals surface area contributed by atoms with Crippen molar-refractivity contribution in [3.8, 4) is 0 Å². The Morgan fingerprint density at radius 3 is 2.40 bits per heavy atom. The summed E-state index contributed by atoms with van der Waals surface area (Å²) in [6.45, 7) is 8.83. The first-order valence-corrected chi connectivity index (χ1v) is 5.40. The van der Waals surface area contributed by atoms with Crippen molar-refractivity contribution in [2.45, 2.75) is 45.8 Å². The number of carbonyl (C=O) groups is 1. The molecule has 0 aromatic heterocycles. The number of carbonyl (C=O) groups excluding carboxylic acids is 1. The van der Waals surface area contributed by atoms with Crippen LogP contribution in [0.4, 0.5) is 0 Å². The predicted molar refractivity (Wildman–Crippen MR) is 59.6 cm³/mol. The fraction of sp³-hybridized carbons (Fsp3) is 0.909. The SMILES string of the molecule is CCCN(CC(C)(O)C(=O)OC)C(C)C. The minimum Gasteiger partial charge on any atom is -0.467 e. The first-order valence-electron chi connectivity index (χ1n) is 5.40. The summed E-state index contributed by atoms with van der Waals surface area (Å²) >= 11 is 0. The average molecular weight is 217 g/mol. The maximum absolute atomic E-state index is 11.3. The minimum atomic E-state index is -1.42. The van der Waals surface area contributed by atoms with Crippen molar-refractivity contribution >= 4 is 5.97 Å². The molecule has 0 fully saturated rings. The van der Waals surface area contributed by atoms with E-state index in [9.17, 15) is 9.90 Å². The molecule has 0 radical (unpaired) electrons. The Morgan fingerprint density at radius 2 is 2.07 bits per heavy atom. The Kier molecular flexibility index (Phi) is 5.83. The van der Waals surface area contributed by atoms with E-state index in [4.69, 9.17) is 0 Å². The van der Waals surface area contributed by atoms with Crippen LogP contribution in [0.25, 0.3) is 0 Å². The Hall–Kier alpha value is -0.610. The maximum Gasteiger partial charge on any atom is 0.338 e. The van der Waals surface area contributed by atoms with E-state index in [1.165, 1.54) is 14.0 Å². The molecule has 0 rings (SSSR count). The maximum atomic E-state index is 11.3. The van der Waals surface area contributed by atoms with Crippen LogP contribution in [0, 0.1) is 0 Å². The molecule has 0 spiro atoms. The smallest absolute Gasteiger partial charge is 0.338 e. The monoisotopic (exact) mass is 217 g/mol. The van der Waals surface area contributed by atoms with Crippen molar-refractivity contribution < 1.29 is 14.6 Å². The zero-order valence-corrected chi connectivity index (χ0v) is 10.4. The van der Waals surface area contributed by atoms with E-state index in [0.717, 1.165) is 13.0 Å². The number of rotatable bonds is 6. The molecular weight excluding hydrogens is 194 g/mol. The van der Waals surface area contributed by atoms with Crippen LogP contribution in [0.3, 0.4) is 0 Å². The Bertz CT molecular complexity index is 202. The summed E-state index contributed by atoms with van der Waals surface area (Å²) in [5, 5.41) is 9.91. The van der Waals surface area contributed by atoms with Crippen LogP contribution in [0.5, 0.6) is 0 Å². The topological polar surface area (TPSA) is 49.8 Å². The van der Waals surface area contributed by atoms with Crippen molar-refractivity contribution in [3.63, 3.8) is 0 Å². The van der Waals surface area contributed by atoms with E-state index in [1.807, 2.05) is 13.8 Å². The van der Waals surface area contributed by atoms with Gasteiger partial charge in [-0.25, -0.2) is 4.79 Å². The molecule has 0 aliphatic rings. The third-order valence-electron chi connectivity index (χ3n) is 2.38. The summed E-state index contributed by atoms with van der Waals surface area (Å²) < 4.78 is 4.56. The lowest BCUT2D eigenvalue weighted by molar-refractivity contribution is -0.162. The summed E-state index contributed by atoms with van der Waals surface area (Å²) in [6, 6.07) is 0.307. The molecule has 0 amide bonds. The lowest BCUT2D eigenvalue weighted by atomic mass is 10.1. The number of hydrogen-bond donors (Lipinski definition) is 1. The summed E-state index contributed by atoms with van der Waals surface area (Å²) in [7, 11) is 1.29. The molecule has 90 valence electrons. The molecule has 0 aliphatic heterocycles. The average Bonchev–Trinajstić information content (AvgIpc) is 2.15. The molecule has 1 atom stereocenters. The highest BCUT2D eigenvalue weighted by Crippen LogP contribution is 2.11. The highest BCUT2D eigenvalue weighted by atomic mass is 16.5. The van der Waals surface area contributed by atoms with E-state index in [-0.39, 0.29) is 0 Å². The molecule has 1 unspecified atom stereocenters. The molecule has 0 aliphatic carbocycles. The zero-order chi connectivity index (χ0) is 12.1. The number of methoxy groups -OCH3 is 1. The van der Waals surface area contributed by atoms with Gasteiger partial charge in [0.15, 0.2) is 5.60 Å². The van der Waals surface area contributed by atoms with Gasteiger partial charge < -0.3 is 9.84 Å². The van der Waals surface area contributed by atoms with Gasteiger partial charge >= 0.3 is 5.97 Å². The van der Waals surface area contributed by atoms with Crippen molar-refractivity contribution in [2.75, 3.05) is 20.2 Å². The van der Waals surface area contributed by atoms with Gasteiger partial charge in [0.05, 0.1) is 7.11 Å². The van der Waals surface area contributed by atoms with Crippen LogP contribution in [-0.4, -0.2) is 47.8 Å². The first-order chi connectivity index (χ1) is 6.85. The van der Waals surface area contributed by atoms with Crippen LogP contribution in [-0.2, 0) is 9.53 Å². The van der Waals surface area contributed by atoms with Crippen LogP contribution < -0.4 is 0 Å². The molecule has 0 saturated heterocycles. The Labute approximate surface area is 92.2 Å². The van der Waals surface area contributed by atoms with E-state index in [2.05, 4.69) is 16.6 Å². The largest absolute Gasteiger partial charge is 0.467 e. The molecule has 4 heteroatoms. The number of hydrogen-bond acceptors (Lipinski definition) is 4. The van der Waals surface area contributed by atoms with Crippen molar-refractivity contribution in [3.05, 3.63) is 0 Å². The molecular formula is C11H23NO3. The Morgan fingerprint density at radius 1 is 1.53 bits per heavy atom. The summed E-state index contributed by atoms with van der Waals surface area (Å²) in [5.74, 6) is -0.579. The number of ether oxygens (including phenoxy) is 1. The van der Waals surface area contributed by atoms with Crippen molar-refractivity contribution in [2.24, 2.45) is 0 Å². The van der Waals surface area contributed by atoms with E-state index in [0.29, 0.717) is 12.6 Å². The lowest BCUT2D eigenvalue weighted by Crippen LogP contribution is -2.49. The van der Waals surface area contributed by atoms with Gasteiger partial charge in [-0.05, 0) is 33.7 Å². The van der Waals surface area contributed by atoms with Crippen LogP contribution in [0.1, 0.15) is 34.1 Å². The number of esters is 1. The fourth-order valence-electron chi connectivity index (χ4n) is 1.49. The van der Waals surface area contributed by atoms with Gasteiger partial charge in [-0.1, -0.05) is 6.92 Å². The molecule has 4 nitrogen and oxygen atoms in total. The Balaban J connectivity index is 4.44. The van der Waals surface area contributed by atoms with Gasteiger partial charge in [0.1, 0.15) is 0 Å². The van der Waals surface area contributed by atoms with Gasteiger partial charge in [-0.3, -0.25) is 4.90 Å². The second-order valence-corrected chi connectivity index (χ2v) is 4.33. The quantitative estimate of drug-likeness (QED) is 0.675. The third kappa shape index (κ3) is 4.62. The molecule has 0 bridgehead atoms. The minimum absolute atomic E-state index is 0.307. The highest BCUT2D eigenvalue weighted by molar-refractivity contribution is 5.78. The van der Waals surface area contributed by atoms with Crippen LogP contribution in [0.2, 0.25) is 0 Å². The molecule has 0 aromatic carbocycles. The van der Waals surface area contributed by atoms with E-state index < -0.39 is 11.6 Å². The van der Waals surface area contributed by atoms with Gasteiger partial charge in [0.25, 0.3) is 0 Å². The second-order valence-electron chi connectivity index (χ2n) is 4.33. The fourth-order valence-corrected chi connectivity index (χ4v) is 1.49. The number of nitrogens with zero attached hydrogens (tertiary/aromatic N) is 1. The lowest BCUT2D eigenvalue weighted by Gasteiger charge is -2.32. The molecule has 1 N–H and O–H groups in total. The van der Waals surface area contributed by atoms with Gasteiger partial charge in [0.2, 0.25) is 0 Å². The second kappa shape index (κ2) is 6.08. The van der Waals surface area contributed by atoms with E-state index >= 15 is 0 Å². The standard InChI is InChI=1S/C11H23NO3/c1-6-7-12(9(2)3)8-11(4,14)10(13)15-5/h9,14H,6-8H2,1-5H3. The van der Waals surface area contributed by atoms with Gasteiger partial charge in [0, 0.05) is 12.6 Å². The van der Waals surface area contributed by atoms with E-state index in [1.54, 1.807) is 0 Å². The van der Waals surface area contributed by atoms with Crippen molar-refractivity contribution in [1.29, 1.82) is 0 Å². The van der Waals surface area contributed by atoms with Crippen LogP contribution in [0.15, 0.2) is 0 Å². The highest BCUT2D eigenvalue weighted by Gasteiger charge is 2.34. The van der Waals surface area contributed by atoms with Gasteiger partial charge in [-0.2, -0.15) is 0 Å². The number of aliphatic hydroxyl groups is 1. The van der Waals surface area contributed by atoms with Crippen LogP contribution >= 0.6 is 0 Å². The summed E-state index contributed by atoms with van der Waals surface area (Å²) in [5.41, 5.74) is -1.42. The molecule has 0 saturated carbocycles. The normalized spacial score (nSPS) is 15.5. The molecule has 0 aromatic rings.